The van der Waals surface area contributed by atoms with Gasteiger partial charge in [-0.1, -0.05) is 0 Å². The number of hydrogen-bond donors (Lipinski definition) is 1. The van der Waals surface area contributed by atoms with E-state index in [0.717, 1.165) is 0 Å². The third-order valence-corrected chi connectivity index (χ3v) is 0.408. The molecule has 0 aliphatic heterocycles. The Hall–Kier alpha value is -0.990. The van der Waals surface area contributed by atoms with Crippen LogP contribution in [0.15, 0.2) is 10.6 Å². The Morgan fingerprint density at radius 3 is 3.00 bits per heavy atom. The van der Waals surface area contributed by atoms with Gasteiger partial charge in [0, 0.05) is 0 Å². The number of aromatic nitrogens is 1. The zero-order chi connectivity index (χ0) is 4.41. The highest BCUT2D eigenvalue weighted by atomic mass is 16.3. The topological polar surface area (TPSA) is 52.0 Å². The molecule has 31 valence electrons. The molecule has 0 saturated heterocycles. The van der Waals surface area contributed by atoms with Crippen LogP contribution in [0.1, 0.15) is 0 Å². The Labute approximate surface area is 34.8 Å². The molecule has 1 radical (unpaired) electrons. The predicted molar refractivity (Wildman–Crippen MR) is 19.8 cm³/mol. The van der Waals surface area contributed by atoms with Crippen LogP contribution in [0.2, 0.25) is 0 Å². The van der Waals surface area contributed by atoms with E-state index in [1.54, 1.807) is 0 Å². The number of nitrogen functional groups attached to an aromatic ring is 1. The lowest BCUT2D eigenvalue weighted by Crippen LogP contribution is -1.79. The molecule has 3 nitrogen and oxygen atoms in total. The summed E-state index contributed by atoms with van der Waals surface area (Å²) in [5.41, 5.74) is 4.97. The largest absolute Gasteiger partial charge is 0.420 e. The molecule has 6 heavy (non-hydrogen) atoms. The van der Waals surface area contributed by atoms with Crippen LogP contribution in [0, 0.1) is 6.26 Å². The highest BCUT2D eigenvalue weighted by Crippen LogP contribution is 1.89. The summed E-state index contributed by atoms with van der Waals surface area (Å²) in [7, 11) is 0. The van der Waals surface area contributed by atoms with Crippen molar-refractivity contribution in [3.63, 3.8) is 0 Å². The van der Waals surface area contributed by atoms with Crippen molar-refractivity contribution in [3.8, 4) is 0 Å². The SMILES string of the molecule is Nc1nc[c]o1. The minimum Gasteiger partial charge on any atom is -0.420 e. The molecule has 0 amide bonds. The van der Waals surface area contributed by atoms with Gasteiger partial charge in [-0.2, -0.15) is 0 Å². The first-order valence-electron chi connectivity index (χ1n) is 1.47. The van der Waals surface area contributed by atoms with Gasteiger partial charge in [-0.15, -0.1) is 0 Å². The molecule has 0 aromatic carbocycles. The first kappa shape index (κ1) is 3.21. The average Bonchev–Trinajstić information content (AvgIpc) is 1.86. The fourth-order valence-electron chi connectivity index (χ4n) is 0.203. The minimum absolute atomic E-state index is 0.162. The molecule has 0 atom stereocenters. The second-order valence-corrected chi connectivity index (χ2v) is 0.816. The molecule has 1 aromatic rings. The van der Waals surface area contributed by atoms with Gasteiger partial charge in [-0.25, -0.2) is 4.98 Å². The molecule has 0 spiro atoms. The van der Waals surface area contributed by atoms with E-state index in [-0.39, 0.29) is 6.01 Å². The lowest BCUT2D eigenvalue weighted by molar-refractivity contribution is 0.572. The summed E-state index contributed by atoms with van der Waals surface area (Å²) in [6, 6.07) is 0.162. The summed E-state index contributed by atoms with van der Waals surface area (Å²) in [5, 5.41) is 0. The van der Waals surface area contributed by atoms with Gasteiger partial charge in [0.25, 0.3) is 6.01 Å². The van der Waals surface area contributed by atoms with E-state index in [0.29, 0.717) is 0 Å². The quantitative estimate of drug-likeness (QED) is 0.482. The highest BCUT2D eigenvalue weighted by molar-refractivity contribution is 5.04. The van der Waals surface area contributed by atoms with E-state index in [1.807, 2.05) is 0 Å². The Kier molecular flexibility index (Phi) is 0.538. The van der Waals surface area contributed by atoms with Crippen LogP contribution >= 0.6 is 0 Å². The summed E-state index contributed by atoms with van der Waals surface area (Å²) in [6.45, 7) is 0. The third kappa shape index (κ3) is 0.337. The molecule has 0 saturated carbocycles. The maximum absolute atomic E-state index is 4.97. The highest BCUT2D eigenvalue weighted by Gasteiger charge is 1.79. The van der Waals surface area contributed by atoms with Gasteiger partial charge >= 0.3 is 0 Å². The van der Waals surface area contributed by atoms with E-state index in [4.69, 9.17) is 5.73 Å². The van der Waals surface area contributed by atoms with E-state index in [1.165, 1.54) is 6.20 Å². The molecule has 2 N–H and O–H groups in total. The first-order valence-corrected chi connectivity index (χ1v) is 1.47. The van der Waals surface area contributed by atoms with E-state index in [2.05, 4.69) is 15.7 Å². The molecule has 1 rings (SSSR count). The van der Waals surface area contributed by atoms with E-state index < -0.39 is 0 Å². The van der Waals surface area contributed by atoms with Gasteiger partial charge in [-0.3, -0.25) is 0 Å². The van der Waals surface area contributed by atoms with Gasteiger partial charge in [0.1, 0.15) is 0 Å². The van der Waals surface area contributed by atoms with Crippen molar-refractivity contribution < 1.29 is 4.42 Å². The van der Waals surface area contributed by atoms with Crippen molar-refractivity contribution in [1.29, 1.82) is 0 Å². The van der Waals surface area contributed by atoms with Crippen LogP contribution in [0.5, 0.6) is 0 Å². The maximum Gasteiger partial charge on any atom is 0.292 e. The number of anilines is 1. The molecule has 0 unspecified atom stereocenters. The lowest BCUT2D eigenvalue weighted by atomic mass is 11.0. The molecule has 1 heterocycles. The predicted octanol–water partition coefficient (Wildman–Crippen LogP) is 0.0570. The number of oxazole rings is 1. The second-order valence-electron chi connectivity index (χ2n) is 0.816. The standard InChI is InChI=1S/C3H3N2O/c4-3-5-1-2-6-3/h1H,(H2,4,5). The lowest BCUT2D eigenvalue weighted by Gasteiger charge is -1.68. The number of nitrogens with two attached hydrogens (primary N) is 1. The van der Waals surface area contributed by atoms with Crippen molar-refractivity contribution in [2.45, 2.75) is 0 Å². The van der Waals surface area contributed by atoms with Crippen molar-refractivity contribution in [1.82, 2.24) is 4.98 Å². The molecule has 0 bridgehead atoms. The van der Waals surface area contributed by atoms with Crippen molar-refractivity contribution in [3.05, 3.63) is 12.5 Å². The zero-order valence-corrected chi connectivity index (χ0v) is 3.01. The summed E-state index contributed by atoms with van der Waals surface area (Å²) in [4.78, 5) is 3.47. The fourth-order valence-corrected chi connectivity index (χ4v) is 0.203. The normalized spacial score (nSPS) is 8.67. The second kappa shape index (κ2) is 1.01. The Morgan fingerprint density at radius 2 is 2.83 bits per heavy atom. The van der Waals surface area contributed by atoms with Gasteiger partial charge in [0.15, 0.2) is 6.26 Å². The molecule has 0 aliphatic rings. The minimum atomic E-state index is 0.162. The molecular weight excluding hydrogens is 80.0 g/mol. The van der Waals surface area contributed by atoms with E-state index >= 15 is 0 Å². The van der Waals surface area contributed by atoms with Gasteiger partial charge < -0.3 is 10.2 Å². The monoisotopic (exact) mass is 83.0 g/mol. The van der Waals surface area contributed by atoms with Crippen LogP contribution in [-0.4, -0.2) is 4.98 Å². The zero-order valence-electron chi connectivity index (χ0n) is 3.01. The number of rotatable bonds is 0. The van der Waals surface area contributed by atoms with Crippen molar-refractivity contribution in [2.24, 2.45) is 0 Å². The van der Waals surface area contributed by atoms with Crippen LogP contribution in [0.4, 0.5) is 6.01 Å². The van der Waals surface area contributed by atoms with E-state index in [9.17, 15) is 0 Å². The maximum atomic E-state index is 4.97. The molecular formula is C3H3N2O. The average molecular weight is 83.1 g/mol. The first-order chi connectivity index (χ1) is 2.89. The Balaban J connectivity index is 3.05. The fraction of sp³-hybridized carbons (Fsp3) is 0. The van der Waals surface area contributed by atoms with Crippen LogP contribution < -0.4 is 5.73 Å². The molecule has 0 fully saturated rings. The molecule has 3 heteroatoms. The third-order valence-electron chi connectivity index (χ3n) is 0.408. The summed E-state index contributed by atoms with van der Waals surface area (Å²) < 4.78 is 4.38. The van der Waals surface area contributed by atoms with Gasteiger partial charge in [0.2, 0.25) is 0 Å². The Bertz CT molecular complexity index is 112. The van der Waals surface area contributed by atoms with Gasteiger partial charge in [-0.05, 0) is 0 Å². The van der Waals surface area contributed by atoms with Crippen LogP contribution in [0.25, 0.3) is 0 Å². The molecule has 1 aromatic heterocycles. The summed E-state index contributed by atoms with van der Waals surface area (Å²) in [5.74, 6) is 0. The summed E-state index contributed by atoms with van der Waals surface area (Å²) >= 11 is 0. The summed E-state index contributed by atoms with van der Waals surface area (Å²) in [6.07, 6.45) is 3.69. The molecule has 0 aliphatic carbocycles. The van der Waals surface area contributed by atoms with Crippen LogP contribution in [-0.2, 0) is 0 Å². The number of hydrogen-bond acceptors (Lipinski definition) is 3. The smallest absolute Gasteiger partial charge is 0.292 e. The van der Waals surface area contributed by atoms with Gasteiger partial charge in [0.05, 0.1) is 6.20 Å². The number of nitrogens with zero attached hydrogens (tertiary/aromatic N) is 1. The van der Waals surface area contributed by atoms with Crippen molar-refractivity contribution in [2.75, 3.05) is 5.73 Å². The van der Waals surface area contributed by atoms with Crippen molar-refractivity contribution >= 4 is 6.01 Å². The van der Waals surface area contributed by atoms with Crippen LogP contribution in [0.3, 0.4) is 0 Å². The Morgan fingerprint density at radius 1 is 2.00 bits per heavy atom.